The topological polar surface area (TPSA) is 86.3 Å². The number of ketones is 2. The molecule has 0 bridgehead atoms. The quantitative estimate of drug-likeness (QED) is 0.573. The van der Waals surface area contributed by atoms with Crippen LogP contribution in [0.2, 0.25) is 0 Å². The van der Waals surface area contributed by atoms with Crippen molar-refractivity contribution >= 4 is 17.5 Å². The molecule has 0 radical (unpaired) electrons. The molecule has 2 aliphatic carbocycles. The minimum Gasteiger partial charge on any atom is -0.549 e. The van der Waals surface area contributed by atoms with Gasteiger partial charge in [-0.15, -0.1) is 0 Å². The van der Waals surface area contributed by atoms with E-state index in [4.69, 9.17) is 0 Å². The maximum atomic E-state index is 12.5. The number of nitrogens with one attached hydrogen (secondary N) is 1. The summed E-state index contributed by atoms with van der Waals surface area (Å²) in [5.41, 5.74) is 1.35. The monoisotopic (exact) mass is 339 g/mol. The van der Waals surface area contributed by atoms with Gasteiger partial charge < -0.3 is 15.2 Å². The predicted octanol–water partition coefficient (Wildman–Crippen LogP) is -1.75. The van der Waals surface area contributed by atoms with Crippen LogP contribution in [0.3, 0.4) is 0 Å². The number of carbonyl (C=O) groups excluding carboxylic acids is 3. The van der Waals surface area contributed by atoms with Crippen LogP contribution in [0.4, 0.5) is 0 Å². The molecule has 3 rings (SSSR count). The van der Waals surface area contributed by atoms with Crippen molar-refractivity contribution in [3.05, 3.63) is 22.5 Å². The van der Waals surface area contributed by atoms with Crippen LogP contribution in [0.15, 0.2) is 22.5 Å². The molecule has 0 aromatic rings. The van der Waals surface area contributed by atoms with Crippen molar-refractivity contribution in [1.29, 1.82) is 0 Å². The molecule has 0 fully saturated rings. The van der Waals surface area contributed by atoms with E-state index < -0.39 is 11.9 Å². The number of hydrogen-bond donors (Lipinski definition) is 1. The van der Waals surface area contributed by atoms with Crippen LogP contribution in [0.5, 0.6) is 0 Å². The molecule has 5 nitrogen and oxygen atoms in total. The minimum atomic E-state index is -1.35. The van der Waals surface area contributed by atoms with Crippen LogP contribution in [-0.4, -0.2) is 17.5 Å². The molecule has 0 saturated heterocycles. The Balaban J connectivity index is 0.00000208. The Labute approximate surface area is 164 Å². The smallest absolute Gasteiger partial charge is 0.549 e. The van der Waals surface area contributed by atoms with Gasteiger partial charge in [-0.2, -0.15) is 0 Å². The predicted molar refractivity (Wildman–Crippen MR) is 81.7 cm³/mol. The summed E-state index contributed by atoms with van der Waals surface area (Å²) in [6.07, 6.45) is 1.78. The first-order chi connectivity index (χ1) is 10.5. The van der Waals surface area contributed by atoms with E-state index in [0.717, 1.165) is 0 Å². The molecule has 0 atom stereocenters. The summed E-state index contributed by atoms with van der Waals surface area (Å²) < 4.78 is 0. The Morgan fingerprint density at radius 1 is 0.917 bits per heavy atom. The van der Waals surface area contributed by atoms with Gasteiger partial charge in [-0.1, -0.05) is 27.7 Å². The third-order valence-electron chi connectivity index (χ3n) is 4.95. The van der Waals surface area contributed by atoms with Crippen LogP contribution in [0, 0.1) is 16.7 Å². The average Bonchev–Trinajstić information content (AvgIpc) is 2.32. The van der Waals surface area contributed by atoms with Crippen LogP contribution in [0.25, 0.3) is 0 Å². The van der Waals surface area contributed by atoms with Gasteiger partial charge in [0.15, 0.2) is 11.6 Å². The third-order valence-corrected chi connectivity index (χ3v) is 4.95. The van der Waals surface area contributed by atoms with Gasteiger partial charge in [-0.3, -0.25) is 9.59 Å². The van der Waals surface area contributed by atoms with Crippen LogP contribution < -0.4 is 40.0 Å². The second-order valence-electron chi connectivity index (χ2n) is 8.54. The molecule has 0 unspecified atom stereocenters. The van der Waals surface area contributed by atoms with Gasteiger partial charge in [-0.05, 0) is 23.7 Å². The van der Waals surface area contributed by atoms with Gasteiger partial charge >= 0.3 is 29.6 Å². The number of hydrogen-bond acceptors (Lipinski definition) is 5. The molecule has 1 aliphatic heterocycles. The Morgan fingerprint density at radius 3 is 1.62 bits per heavy atom. The van der Waals surface area contributed by atoms with Crippen LogP contribution in [-0.2, 0) is 14.4 Å². The number of rotatable bonds is 1. The zero-order chi connectivity index (χ0) is 17.2. The fraction of sp³-hybridized carbons (Fsp3) is 0.611. The number of carboxylic acid groups (broad SMARTS) is 1. The molecule has 0 aromatic carbocycles. The third kappa shape index (κ3) is 3.26. The van der Waals surface area contributed by atoms with Crippen molar-refractivity contribution in [3.8, 4) is 0 Å². The fourth-order valence-corrected chi connectivity index (χ4v) is 4.12. The SMILES string of the molecule is CC1(C)CC(=O)C2=C(C1)NC1=C(C(=O)CC(C)(C)C1)C2C(=O)[O-].[Na+]. The maximum absolute atomic E-state index is 12.5. The number of allylic oxidation sites excluding steroid dienone is 2. The van der Waals surface area contributed by atoms with Crippen molar-refractivity contribution in [2.75, 3.05) is 0 Å². The van der Waals surface area contributed by atoms with E-state index in [-0.39, 0.29) is 63.1 Å². The molecule has 0 spiro atoms. The van der Waals surface area contributed by atoms with Gasteiger partial charge in [0.2, 0.25) is 0 Å². The van der Waals surface area contributed by atoms with Gasteiger partial charge in [0, 0.05) is 35.4 Å². The first kappa shape index (κ1) is 19.4. The molecular weight excluding hydrogens is 317 g/mol. The summed E-state index contributed by atoms with van der Waals surface area (Å²) in [6, 6.07) is 0. The molecule has 124 valence electrons. The number of aliphatic carboxylic acids is 1. The first-order valence-electron chi connectivity index (χ1n) is 8.01. The number of carbonyl (C=O) groups is 3. The second kappa shape index (κ2) is 6.11. The van der Waals surface area contributed by atoms with Crippen molar-refractivity contribution < 1.29 is 49.0 Å². The van der Waals surface area contributed by atoms with Gasteiger partial charge in [0.25, 0.3) is 0 Å². The summed E-state index contributed by atoms with van der Waals surface area (Å²) in [4.78, 5) is 36.9. The molecule has 3 aliphatic rings. The van der Waals surface area contributed by atoms with E-state index in [9.17, 15) is 19.5 Å². The van der Waals surface area contributed by atoms with Gasteiger partial charge in [0.1, 0.15) is 0 Å². The molecule has 1 N–H and O–H groups in total. The number of dihydropyridines is 1. The van der Waals surface area contributed by atoms with E-state index in [1.54, 1.807) is 0 Å². The van der Waals surface area contributed by atoms with Crippen molar-refractivity contribution in [2.45, 2.75) is 53.4 Å². The van der Waals surface area contributed by atoms with E-state index in [1.807, 2.05) is 27.7 Å². The van der Waals surface area contributed by atoms with Crippen LogP contribution >= 0.6 is 0 Å². The molecular formula is C18H22NNaO4. The van der Waals surface area contributed by atoms with Crippen molar-refractivity contribution in [2.24, 2.45) is 16.7 Å². The molecule has 6 heteroatoms. The summed E-state index contributed by atoms with van der Waals surface area (Å²) in [7, 11) is 0. The molecule has 24 heavy (non-hydrogen) atoms. The molecule has 0 aromatic heterocycles. The normalized spacial score (nSPS) is 25.5. The Kier molecular flexibility index (Phi) is 4.95. The van der Waals surface area contributed by atoms with Crippen LogP contribution in [0.1, 0.15) is 53.4 Å². The van der Waals surface area contributed by atoms with E-state index in [0.29, 0.717) is 37.1 Å². The fourth-order valence-electron chi connectivity index (χ4n) is 4.12. The summed E-state index contributed by atoms with van der Waals surface area (Å²) in [6.45, 7) is 7.96. The Bertz CT molecular complexity index is 648. The van der Waals surface area contributed by atoms with E-state index >= 15 is 0 Å². The standard InChI is InChI=1S/C18H23NO4.Na/c1-17(2)5-9-13(11(20)7-17)15(16(22)23)14-10(19-9)6-18(3,4)8-12(14)21;/h15,19H,5-8H2,1-4H3,(H,22,23);/q;+1/p-1. The summed E-state index contributed by atoms with van der Waals surface area (Å²) in [5, 5.41) is 15.0. The number of Topliss-reactive ketones (excluding diaryl/α,β-unsaturated/α-hetero) is 2. The zero-order valence-corrected chi connectivity index (χ0v) is 17.0. The Morgan fingerprint density at radius 2 is 1.29 bits per heavy atom. The first-order valence-corrected chi connectivity index (χ1v) is 8.01. The largest absolute Gasteiger partial charge is 1.00 e. The average molecular weight is 339 g/mol. The van der Waals surface area contributed by atoms with Gasteiger partial charge in [-0.25, -0.2) is 0 Å². The zero-order valence-electron chi connectivity index (χ0n) is 15.0. The maximum Gasteiger partial charge on any atom is 1.00 e. The van der Waals surface area contributed by atoms with E-state index in [1.165, 1.54) is 0 Å². The number of carboxylic acids is 1. The van der Waals surface area contributed by atoms with E-state index in [2.05, 4.69) is 5.32 Å². The van der Waals surface area contributed by atoms with Crippen molar-refractivity contribution in [3.63, 3.8) is 0 Å². The second-order valence-corrected chi connectivity index (χ2v) is 8.54. The minimum absolute atomic E-state index is 0. The molecule has 1 heterocycles. The van der Waals surface area contributed by atoms with Gasteiger partial charge in [0.05, 0.1) is 11.9 Å². The van der Waals surface area contributed by atoms with Crippen molar-refractivity contribution in [1.82, 2.24) is 5.32 Å². The Hall–Kier alpha value is -0.910. The molecule has 0 amide bonds. The molecule has 0 saturated carbocycles. The summed E-state index contributed by atoms with van der Waals surface area (Å²) >= 11 is 0. The summed E-state index contributed by atoms with van der Waals surface area (Å²) in [5.74, 6) is -2.95.